The van der Waals surface area contributed by atoms with Crippen molar-refractivity contribution in [1.29, 1.82) is 0 Å². The lowest BCUT2D eigenvalue weighted by molar-refractivity contribution is 0.0904. The number of anilines is 1. The summed E-state index contributed by atoms with van der Waals surface area (Å²) in [5.74, 6) is 0. The van der Waals surface area contributed by atoms with Crippen molar-refractivity contribution in [3.63, 3.8) is 0 Å². The fourth-order valence-corrected chi connectivity index (χ4v) is 2.52. The molecular formula is C13H18ClNO. The van der Waals surface area contributed by atoms with Gasteiger partial charge in [-0.3, -0.25) is 0 Å². The fraction of sp³-hybridized carbons (Fsp3) is 0.538. The summed E-state index contributed by atoms with van der Waals surface area (Å²) in [6, 6.07) is 4.66. The average Bonchev–Trinajstić information content (AvgIpc) is 2.25. The summed E-state index contributed by atoms with van der Waals surface area (Å²) in [6.45, 7) is 5.86. The number of benzene rings is 1. The van der Waals surface area contributed by atoms with Gasteiger partial charge in [-0.15, -0.1) is 0 Å². The molecular weight excluding hydrogens is 222 g/mol. The van der Waals surface area contributed by atoms with Gasteiger partial charge in [0.05, 0.1) is 10.7 Å². The van der Waals surface area contributed by atoms with Gasteiger partial charge in [0.1, 0.15) is 0 Å². The first-order valence-electron chi connectivity index (χ1n) is 5.78. The fourth-order valence-electron chi connectivity index (χ4n) is 2.14. The van der Waals surface area contributed by atoms with E-state index in [1.54, 1.807) is 0 Å². The van der Waals surface area contributed by atoms with Gasteiger partial charge in [-0.05, 0) is 43.9 Å². The zero-order valence-electron chi connectivity index (χ0n) is 9.85. The molecule has 1 aliphatic heterocycles. The number of halogens is 1. The molecule has 1 aromatic rings. The highest BCUT2D eigenvalue weighted by atomic mass is 35.5. The Kier molecular flexibility index (Phi) is 3.72. The Morgan fingerprint density at radius 1 is 1.25 bits per heavy atom. The maximum atomic E-state index is 6.26. The van der Waals surface area contributed by atoms with Crippen LogP contribution in [-0.2, 0) is 4.74 Å². The Labute approximate surface area is 102 Å². The van der Waals surface area contributed by atoms with Crippen LogP contribution < -0.4 is 5.32 Å². The van der Waals surface area contributed by atoms with Crippen LogP contribution in [0.4, 0.5) is 5.69 Å². The molecule has 0 unspecified atom stereocenters. The predicted molar refractivity (Wildman–Crippen MR) is 68.4 cm³/mol. The lowest BCUT2D eigenvalue weighted by Crippen LogP contribution is -2.28. The normalized spacial score (nSPS) is 17.4. The van der Waals surface area contributed by atoms with Crippen molar-refractivity contribution in [3.05, 3.63) is 28.3 Å². The molecule has 0 atom stereocenters. The predicted octanol–water partition coefficient (Wildman–Crippen LogP) is 3.55. The highest BCUT2D eigenvalue weighted by molar-refractivity contribution is 6.33. The highest BCUT2D eigenvalue weighted by Crippen LogP contribution is 2.29. The summed E-state index contributed by atoms with van der Waals surface area (Å²) in [7, 11) is 0. The van der Waals surface area contributed by atoms with Crippen LogP contribution in [0.15, 0.2) is 12.1 Å². The van der Waals surface area contributed by atoms with Gasteiger partial charge in [0.25, 0.3) is 0 Å². The van der Waals surface area contributed by atoms with Crippen molar-refractivity contribution in [2.75, 3.05) is 18.5 Å². The van der Waals surface area contributed by atoms with Crippen LogP contribution in [0.2, 0.25) is 5.02 Å². The number of hydrogen-bond acceptors (Lipinski definition) is 2. The van der Waals surface area contributed by atoms with Crippen LogP contribution in [0.3, 0.4) is 0 Å². The molecule has 1 aromatic carbocycles. The number of hydrogen-bond donors (Lipinski definition) is 1. The van der Waals surface area contributed by atoms with Crippen LogP contribution in [0.1, 0.15) is 24.0 Å². The second-order valence-electron chi connectivity index (χ2n) is 4.47. The van der Waals surface area contributed by atoms with Crippen molar-refractivity contribution < 1.29 is 4.74 Å². The maximum Gasteiger partial charge on any atom is 0.0642 e. The number of nitrogens with one attached hydrogen (secondary N) is 1. The zero-order chi connectivity index (χ0) is 11.5. The summed E-state index contributed by atoms with van der Waals surface area (Å²) in [5.41, 5.74) is 3.51. The Morgan fingerprint density at radius 2 is 1.94 bits per heavy atom. The van der Waals surface area contributed by atoms with E-state index >= 15 is 0 Å². The van der Waals surface area contributed by atoms with Crippen molar-refractivity contribution in [2.24, 2.45) is 0 Å². The Bertz CT molecular complexity index is 349. The minimum atomic E-state index is 0.493. The third kappa shape index (κ3) is 2.69. The van der Waals surface area contributed by atoms with E-state index in [0.717, 1.165) is 36.8 Å². The summed E-state index contributed by atoms with van der Waals surface area (Å²) >= 11 is 6.26. The SMILES string of the molecule is Cc1cc(C)c(NC2CCOCC2)c(Cl)c1. The van der Waals surface area contributed by atoms with Gasteiger partial charge in [-0.2, -0.15) is 0 Å². The Morgan fingerprint density at radius 3 is 2.56 bits per heavy atom. The van der Waals surface area contributed by atoms with E-state index in [1.165, 1.54) is 11.1 Å². The van der Waals surface area contributed by atoms with E-state index in [9.17, 15) is 0 Å². The molecule has 0 aromatic heterocycles. The number of ether oxygens (including phenoxy) is 1. The first-order valence-corrected chi connectivity index (χ1v) is 6.15. The van der Waals surface area contributed by atoms with E-state index in [1.807, 2.05) is 6.07 Å². The van der Waals surface area contributed by atoms with Gasteiger partial charge in [0, 0.05) is 19.3 Å². The monoisotopic (exact) mass is 239 g/mol. The third-order valence-corrected chi connectivity index (χ3v) is 3.30. The largest absolute Gasteiger partial charge is 0.381 e. The van der Waals surface area contributed by atoms with Gasteiger partial charge < -0.3 is 10.1 Å². The Hall–Kier alpha value is -0.730. The van der Waals surface area contributed by atoms with Crippen molar-refractivity contribution in [1.82, 2.24) is 0 Å². The summed E-state index contributed by atoms with van der Waals surface area (Å²) < 4.78 is 5.34. The molecule has 0 saturated carbocycles. The van der Waals surface area contributed by atoms with Gasteiger partial charge in [0.2, 0.25) is 0 Å². The van der Waals surface area contributed by atoms with Gasteiger partial charge >= 0.3 is 0 Å². The molecule has 0 spiro atoms. The maximum absolute atomic E-state index is 6.26. The van der Waals surface area contributed by atoms with Crippen LogP contribution in [-0.4, -0.2) is 19.3 Å². The molecule has 3 heteroatoms. The topological polar surface area (TPSA) is 21.3 Å². The second-order valence-corrected chi connectivity index (χ2v) is 4.88. The van der Waals surface area contributed by atoms with E-state index < -0.39 is 0 Å². The third-order valence-electron chi connectivity index (χ3n) is 3.00. The minimum absolute atomic E-state index is 0.493. The van der Waals surface area contributed by atoms with E-state index in [0.29, 0.717) is 6.04 Å². The molecule has 0 radical (unpaired) electrons. The smallest absolute Gasteiger partial charge is 0.0642 e. The molecule has 1 aliphatic rings. The molecule has 16 heavy (non-hydrogen) atoms. The lowest BCUT2D eigenvalue weighted by Gasteiger charge is -2.25. The molecule has 2 rings (SSSR count). The van der Waals surface area contributed by atoms with Gasteiger partial charge in [0.15, 0.2) is 0 Å². The molecule has 1 N–H and O–H groups in total. The average molecular weight is 240 g/mol. The van der Waals surface area contributed by atoms with Gasteiger partial charge in [-0.1, -0.05) is 17.7 Å². The standard InChI is InChI=1S/C13H18ClNO/c1-9-7-10(2)13(12(14)8-9)15-11-3-5-16-6-4-11/h7-8,11,15H,3-6H2,1-2H3. The van der Waals surface area contributed by atoms with Crippen molar-refractivity contribution in [3.8, 4) is 0 Å². The molecule has 0 aliphatic carbocycles. The minimum Gasteiger partial charge on any atom is -0.381 e. The van der Waals surface area contributed by atoms with Crippen LogP contribution in [0.25, 0.3) is 0 Å². The zero-order valence-corrected chi connectivity index (χ0v) is 10.6. The highest BCUT2D eigenvalue weighted by Gasteiger charge is 2.15. The molecule has 1 heterocycles. The first kappa shape index (κ1) is 11.7. The van der Waals surface area contributed by atoms with Crippen LogP contribution in [0, 0.1) is 13.8 Å². The molecule has 1 saturated heterocycles. The summed E-state index contributed by atoms with van der Waals surface area (Å²) in [4.78, 5) is 0. The molecule has 0 amide bonds. The van der Waals surface area contributed by atoms with Crippen molar-refractivity contribution >= 4 is 17.3 Å². The van der Waals surface area contributed by atoms with E-state index in [-0.39, 0.29) is 0 Å². The molecule has 2 nitrogen and oxygen atoms in total. The first-order chi connectivity index (χ1) is 7.66. The Balaban J connectivity index is 2.14. The quantitative estimate of drug-likeness (QED) is 0.852. The molecule has 88 valence electrons. The second kappa shape index (κ2) is 5.07. The lowest BCUT2D eigenvalue weighted by atomic mass is 10.1. The van der Waals surface area contributed by atoms with E-state index in [4.69, 9.17) is 16.3 Å². The number of aryl methyl sites for hydroxylation is 2. The van der Waals surface area contributed by atoms with Crippen LogP contribution in [0.5, 0.6) is 0 Å². The summed E-state index contributed by atoms with van der Waals surface area (Å²) in [5, 5.41) is 4.36. The summed E-state index contributed by atoms with van der Waals surface area (Å²) in [6.07, 6.45) is 2.12. The van der Waals surface area contributed by atoms with E-state index in [2.05, 4.69) is 25.2 Å². The van der Waals surface area contributed by atoms with Crippen LogP contribution >= 0.6 is 11.6 Å². The van der Waals surface area contributed by atoms with Gasteiger partial charge in [-0.25, -0.2) is 0 Å². The van der Waals surface area contributed by atoms with Crippen molar-refractivity contribution in [2.45, 2.75) is 32.7 Å². The number of rotatable bonds is 2. The molecule has 1 fully saturated rings. The molecule has 0 bridgehead atoms.